The molecular weight excluding hydrogens is 519 g/mol. The molecule has 3 heterocycles. The Hall–Kier alpha value is -1.74. The van der Waals surface area contributed by atoms with Gasteiger partial charge in [0.1, 0.15) is 4.21 Å². The molecule has 0 spiro atoms. The molecule has 0 amide bonds. The zero-order valence-corrected chi connectivity index (χ0v) is 21.4. The fourth-order valence-corrected chi connectivity index (χ4v) is 7.20. The maximum Gasteiger partial charge on any atom is 0.421 e. The molecule has 2 fully saturated rings. The Morgan fingerprint density at radius 2 is 1.83 bits per heavy atom. The Kier molecular flexibility index (Phi) is 8.01. The second-order valence-electron chi connectivity index (χ2n) is 9.17. The lowest BCUT2D eigenvalue weighted by molar-refractivity contribution is -0.258. The summed E-state index contributed by atoms with van der Waals surface area (Å²) in [7, 11) is -3.69. The fraction of sp³-hybridized carbons (Fsp3) is 0.565. The molecule has 2 aromatic rings. The molecule has 4 rings (SSSR count). The van der Waals surface area contributed by atoms with Crippen molar-refractivity contribution in [1.29, 1.82) is 0 Å². The summed E-state index contributed by atoms with van der Waals surface area (Å²) in [5.41, 5.74) is -2.63. The predicted octanol–water partition coefficient (Wildman–Crippen LogP) is 2.09. The van der Waals surface area contributed by atoms with Crippen LogP contribution in [0.3, 0.4) is 0 Å². The summed E-state index contributed by atoms with van der Waals surface area (Å²) in [5.74, 6) is 0. The molecule has 0 saturated carbocycles. The third-order valence-corrected chi connectivity index (χ3v) is 10.1. The van der Waals surface area contributed by atoms with Gasteiger partial charge in [-0.1, -0.05) is 18.2 Å². The van der Waals surface area contributed by atoms with Crippen molar-refractivity contribution in [1.82, 2.24) is 9.21 Å². The van der Waals surface area contributed by atoms with E-state index in [1.54, 1.807) is 17.5 Å². The Labute approximate surface area is 212 Å². The van der Waals surface area contributed by atoms with Crippen molar-refractivity contribution in [2.24, 2.45) is 0 Å². The third-order valence-electron chi connectivity index (χ3n) is 6.85. The first-order valence-corrected chi connectivity index (χ1v) is 13.9. The molecular formula is C23H30F3N3O5S2. The van der Waals surface area contributed by atoms with Crippen LogP contribution in [0.2, 0.25) is 0 Å². The number of hydrogen-bond donors (Lipinski definition) is 2. The Morgan fingerprint density at radius 1 is 1.11 bits per heavy atom. The first-order valence-electron chi connectivity index (χ1n) is 11.6. The van der Waals surface area contributed by atoms with E-state index in [2.05, 4.69) is 4.90 Å². The first kappa shape index (κ1) is 27.3. The number of rotatable bonds is 7. The number of nitrogens with zero attached hydrogens (tertiary/aromatic N) is 3. The van der Waals surface area contributed by atoms with Crippen molar-refractivity contribution >= 4 is 27.0 Å². The average molecular weight is 550 g/mol. The van der Waals surface area contributed by atoms with Crippen molar-refractivity contribution < 1.29 is 36.5 Å². The zero-order chi connectivity index (χ0) is 26.1. The van der Waals surface area contributed by atoms with Gasteiger partial charge in [0.15, 0.2) is 5.60 Å². The number of anilines is 1. The molecule has 2 aliphatic rings. The molecule has 0 unspecified atom stereocenters. The van der Waals surface area contributed by atoms with Crippen molar-refractivity contribution in [2.45, 2.75) is 35.0 Å². The van der Waals surface area contributed by atoms with E-state index in [0.717, 1.165) is 11.3 Å². The van der Waals surface area contributed by atoms with Crippen molar-refractivity contribution in [3.05, 3.63) is 47.3 Å². The van der Waals surface area contributed by atoms with Crippen molar-refractivity contribution in [3.63, 3.8) is 0 Å². The number of halogens is 3. The van der Waals surface area contributed by atoms with Crippen LogP contribution in [0.1, 0.15) is 12.5 Å². The fourth-order valence-electron chi connectivity index (χ4n) is 4.59. The maximum absolute atomic E-state index is 13.3. The van der Waals surface area contributed by atoms with Gasteiger partial charge in [-0.3, -0.25) is 4.90 Å². The first-order chi connectivity index (χ1) is 16.9. The Balaban J connectivity index is 1.61. The van der Waals surface area contributed by atoms with Crippen molar-refractivity contribution in [2.75, 3.05) is 57.4 Å². The molecule has 3 atom stereocenters. The Morgan fingerprint density at radius 3 is 2.44 bits per heavy atom. The van der Waals surface area contributed by atoms with Crippen LogP contribution in [-0.2, 0) is 20.4 Å². The van der Waals surface area contributed by atoms with Gasteiger partial charge in [0.25, 0.3) is 10.0 Å². The summed E-state index contributed by atoms with van der Waals surface area (Å²) in [4.78, 5) is 4.04. The predicted molar refractivity (Wildman–Crippen MR) is 130 cm³/mol. The van der Waals surface area contributed by atoms with Gasteiger partial charge in [-0.05, 0) is 36.1 Å². The Bertz CT molecular complexity index is 1110. The van der Waals surface area contributed by atoms with Crippen LogP contribution in [0.4, 0.5) is 18.9 Å². The number of alkyl halides is 3. The second-order valence-corrected chi connectivity index (χ2v) is 12.3. The van der Waals surface area contributed by atoms with Crippen LogP contribution in [0.15, 0.2) is 46.0 Å². The summed E-state index contributed by atoms with van der Waals surface area (Å²) >= 11 is 1.15. The SMILES string of the molecule is C[C@@](O)(c1ccc(N2CCN(S(=O)(=O)c3cccs3)C[C@H]2CN2CCOC[C@H]2CO)cc1)C(F)(F)F. The summed E-state index contributed by atoms with van der Waals surface area (Å²) in [6.07, 6.45) is -4.82. The van der Waals surface area contributed by atoms with Gasteiger partial charge < -0.3 is 19.8 Å². The molecule has 2 saturated heterocycles. The number of morpholine rings is 1. The molecule has 0 radical (unpaired) electrons. The van der Waals surface area contributed by atoms with E-state index in [1.807, 2.05) is 4.90 Å². The topological polar surface area (TPSA) is 93.6 Å². The van der Waals surface area contributed by atoms with E-state index in [9.17, 15) is 31.8 Å². The number of sulfonamides is 1. The number of benzene rings is 1. The van der Waals surface area contributed by atoms with Crippen LogP contribution in [0.5, 0.6) is 0 Å². The van der Waals surface area contributed by atoms with Gasteiger partial charge in [0.2, 0.25) is 0 Å². The standard InChI is InChI=1S/C23H30F3N3O5S2/c1-22(31,23(24,25)26)17-4-6-18(7-5-17)29-9-8-28(36(32,33)21-3-2-12-35-21)14-19(29)13-27-10-11-34-16-20(27)15-30/h2-7,12,19-20,30-31H,8-11,13-16H2,1H3/t19-,20-,22-/m1/s1. The molecule has 13 heteroatoms. The lowest BCUT2D eigenvalue weighted by Crippen LogP contribution is -2.60. The molecule has 2 N–H and O–H groups in total. The summed E-state index contributed by atoms with van der Waals surface area (Å²) < 4.78 is 73.4. The normalized spacial score (nSPS) is 24.6. The number of hydrogen-bond acceptors (Lipinski definition) is 8. The number of aliphatic hydroxyl groups excluding tert-OH is 1. The summed E-state index contributed by atoms with van der Waals surface area (Å²) in [6.45, 7) is 3.19. The number of aliphatic hydroxyl groups is 2. The quantitative estimate of drug-likeness (QED) is 0.547. The molecule has 1 aromatic carbocycles. The highest BCUT2D eigenvalue weighted by Gasteiger charge is 2.51. The molecule has 0 bridgehead atoms. The van der Waals surface area contributed by atoms with E-state index in [4.69, 9.17) is 4.74 Å². The minimum absolute atomic E-state index is 0.106. The molecule has 200 valence electrons. The summed E-state index contributed by atoms with van der Waals surface area (Å²) in [5, 5.41) is 21.5. The highest BCUT2D eigenvalue weighted by molar-refractivity contribution is 7.91. The van der Waals surface area contributed by atoms with Gasteiger partial charge in [-0.25, -0.2) is 8.42 Å². The van der Waals surface area contributed by atoms with Gasteiger partial charge in [-0.2, -0.15) is 17.5 Å². The minimum atomic E-state index is -4.82. The lowest BCUT2D eigenvalue weighted by atomic mass is 9.95. The number of ether oxygens (including phenoxy) is 1. The molecule has 0 aliphatic carbocycles. The number of piperazine rings is 1. The minimum Gasteiger partial charge on any atom is -0.395 e. The highest BCUT2D eigenvalue weighted by Crippen LogP contribution is 2.39. The third kappa shape index (κ3) is 5.42. The van der Waals surface area contributed by atoms with E-state index in [-0.39, 0.29) is 41.6 Å². The maximum atomic E-state index is 13.3. The van der Waals surface area contributed by atoms with Gasteiger partial charge in [0, 0.05) is 38.4 Å². The largest absolute Gasteiger partial charge is 0.421 e. The van der Waals surface area contributed by atoms with Crippen LogP contribution >= 0.6 is 11.3 Å². The molecule has 8 nitrogen and oxygen atoms in total. The highest BCUT2D eigenvalue weighted by atomic mass is 32.2. The monoisotopic (exact) mass is 549 g/mol. The lowest BCUT2D eigenvalue weighted by Gasteiger charge is -2.45. The van der Waals surface area contributed by atoms with Crippen molar-refractivity contribution in [3.8, 4) is 0 Å². The van der Waals surface area contributed by atoms with Gasteiger partial charge in [-0.15, -0.1) is 11.3 Å². The average Bonchev–Trinajstić information content (AvgIpc) is 3.40. The smallest absolute Gasteiger partial charge is 0.395 e. The van der Waals surface area contributed by atoms with E-state index < -0.39 is 21.8 Å². The van der Waals surface area contributed by atoms with Crippen LogP contribution in [0.25, 0.3) is 0 Å². The second kappa shape index (κ2) is 10.6. The molecule has 36 heavy (non-hydrogen) atoms. The van der Waals surface area contributed by atoms with E-state index >= 15 is 0 Å². The van der Waals surface area contributed by atoms with Gasteiger partial charge in [0.05, 0.1) is 31.9 Å². The van der Waals surface area contributed by atoms with Crippen LogP contribution < -0.4 is 4.90 Å². The van der Waals surface area contributed by atoms with Crippen LogP contribution in [-0.4, -0.2) is 98.6 Å². The molecule has 2 aliphatic heterocycles. The zero-order valence-electron chi connectivity index (χ0n) is 19.8. The molecule has 1 aromatic heterocycles. The number of thiophene rings is 1. The van der Waals surface area contributed by atoms with Gasteiger partial charge >= 0.3 is 6.18 Å². The van der Waals surface area contributed by atoms with E-state index in [1.165, 1.54) is 28.6 Å². The van der Waals surface area contributed by atoms with Crippen LogP contribution in [0, 0.1) is 0 Å². The summed E-state index contributed by atoms with van der Waals surface area (Å²) in [6, 6.07) is 8.24. The van der Waals surface area contributed by atoms with E-state index in [0.29, 0.717) is 45.5 Å².